The highest BCUT2D eigenvalue weighted by Gasteiger charge is 2.53. The van der Waals surface area contributed by atoms with E-state index in [0.717, 1.165) is 10.6 Å². The van der Waals surface area contributed by atoms with E-state index in [1.165, 1.54) is 25.3 Å². The summed E-state index contributed by atoms with van der Waals surface area (Å²) in [5.74, 6) is -2.20. The highest BCUT2D eigenvalue weighted by Crippen LogP contribution is 2.36. The molecular weight excluding hydrogens is 544 g/mol. The van der Waals surface area contributed by atoms with E-state index in [-0.39, 0.29) is 16.7 Å². The van der Waals surface area contributed by atoms with Crippen LogP contribution in [0.5, 0.6) is 0 Å². The molecule has 0 radical (unpaired) electrons. The summed E-state index contributed by atoms with van der Waals surface area (Å²) in [7, 11) is 0. The van der Waals surface area contributed by atoms with E-state index in [9.17, 15) is 24.0 Å². The highest BCUT2D eigenvalue weighted by atomic mass is 16.7. The van der Waals surface area contributed by atoms with Crippen LogP contribution in [0.3, 0.4) is 0 Å². The molecule has 1 N–H and O–H groups in total. The lowest BCUT2D eigenvalue weighted by molar-refractivity contribution is -0.0890. The quantitative estimate of drug-likeness (QED) is 0.250. The minimum Gasteiger partial charge on any atom is -0.456 e. The number of esters is 3. The molecule has 1 aromatic heterocycles. The van der Waals surface area contributed by atoms with Crippen LogP contribution in [-0.2, 0) is 18.9 Å². The normalized spacial score (nSPS) is 20.3. The second kappa shape index (κ2) is 12.5. The van der Waals surface area contributed by atoms with Crippen LogP contribution in [0.25, 0.3) is 0 Å². The Labute approximate surface area is 239 Å². The van der Waals surface area contributed by atoms with Gasteiger partial charge in [-0.05, 0) is 43.3 Å². The zero-order valence-corrected chi connectivity index (χ0v) is 22.3. The van der Waals surface area contributed by atoms with E-state index in [4.69, 9.17) is 18.9 Å². The molecule has 0 bridgehead atoms. The minimum absolute atomic E-state index is 0.199. The van der Waals surface area contributed by atoms with Gasteiger partial charge < -0.3 is 18.9 Å². The number of aromatic amines is 1. The first kappa shape index (κ1) is 28.2. The number of ether oxygens (including phenoxy) is 4. The average Bonchev–Trinajstić information content (AvgIpc) is 3.35. The molecule has 1 fully saturated rings. The highest BCUT2D eigenvalue weighted by molar-refractivity contribution is 5.91. The van der Waals surface area contributed by atoms with Gasteiger partial charge >= 0.3 is 23.6 Å². The molecule has 42 heavy (non-hydrogen) atoms. The summed E-state index contributed by atoms with van der Waals surface area (Å²) in [5.41, 5.74) is -0.814. The monoisotopic (exact) mass is 570 g/mol. The van der Waals surface area contributed by atoms with E-state index in [0.29, 0.717) is 0 Å². The van der Waals surface area contributed by atoms with Gasteiger partial charge in [-0.3, -0.25) is 14.3 Å². The molecule has 1 aliphatic heterocycles. The van der Waals surface area contributed by atoms with Gasteiger partial charge in [-0.25, -0.2) is 19.2 Å². The van der Waals surface area contributed by atoms with Crippen molar-refractivity contribution in [3.05, 3.63) is 141 Å². The number of hydrogen-bond acceptors (Lipinski definition) is 9. The summed E-state index contributed by atoms with van der Waals surface area (Å²) in [4.78, 5) is 66.0. The molecule has 0 saturated carbocycles. The molecule has 3 aromatic carbocycles. The maximum absolute atomic E-state index is 13.2. The summed E-state index contributed by atoms with van der Waals surface area (Å²) in [5, 5.41) is 0. The molecule has 1 aliphatic rings. The maximum Gasteiger partial charge on any atom is 0.338 e. The number of rotatable bonds is 8. The predicted molar refractivity (Wildman–Crippen MR) is 148 cm³/mol. The Morgan fingerprint density at radius 2 is 1.19 bits per heavy atom. The van der Waals surface area contributed by atoms with Crippen molar-refractivity contribution in [2.75, 3.05) is 0 Å². The van der Waals surface area contributed by atoms with E-state index >= 15 is 0 Å². The van der Waals surface area contributed by atoms with Gasteiger partial charge in [0.15, 0.2) is 18.4 Å². The number of nitrogens with one attached hydrogen (secondary N) is 1. The fraction of sp³-hybridized carbons (Fsp3) is 0.194. The number of aromatic nitrogens is 2. The van der Waals surface area contributed by atoms with Crippen molar-refractivity contribution in [2.45, 2.75) is 37.6 Å². The number of carbonyl (C=O) groups excluding carboxylic acids is 3. The van der Waals surface area contributed by atoms with Crippen LogP contribution in [0.15, 0.2) is 113 Å². The topological polar surface area (TPSA) is 143 Å². The van der Waals surface area contributed by atoms with Gasteiger partial charge in [-0.2, -0.15) is 0 Å². The Kier molecular flexibility index (Phi) is 8.39. The smallest absolute Gasteiger partial charge is 0.338 e. The fourth-order valence-corrected chi connectivity index (χ4v) is 4.56. The van der Waals surface area contributed by atoms with Crippen molar-refractivity contribution in [3.63, 3.8) is 0 Å². The van der Waals surface area contributed by atoms with Crippen molar-refractivity contribution in [3.8, 4) is 0 Å². The third kappa shape index (κ3) is 6.21. The second-order valence-corrected chi connectivity index (χ2v) is 9.46. The number of H-pyrrole nitrogens is 1. The molecule has 4 aromatic rings. The Morgan fingerprint density at radius 3 is 1.69 bits per heavy atom. The molecule has 2 heterocycles. The molecular formula is C31H26N2O9. The van der Waals surface area contributed by atoms with E-state index in [2.05, 4.69) is 4.98 Å². The zero-order chi connectivity index (χ0) is 29.6. The lowest BCUT2D eigenvalue weighted by Crippen LogP contribution is -2.45. The van der Waals surface area contributed by atoms with Gasteiger partial charge in [0.05, 0.1) is 16.7 Å². The maximum atomic E-state index is 13.2. The molecule has 0 amide bonds. The molecule has 5 rings (SSSR count). The van der Waals surface area contributed by atoms with Gasteiger partial charge in [0.2, 0.25) is 0 Å². The van der Waals surface area contributed by atoms with Gasteiger partial charge in [0.25, 0.3) is 5.56 Å². The zero-order valence-electron chi connectivity index (χ0n) is 22.3. The third-order valence-corrected chi connectivity index (χ3v) is 6.62. The van der Waals surface area contributed by atoms with Gasteiger partial charge in [0.1, 0.15) is 12.2 Å². The van der Waals surface area contributed by atoms with Gasteiger partial charge in [0, 0.05) is 12.3 Å². The van der Waals surface area contributed by atoms with Crippen LogP contribution in [0.4, 0.5) is 0 Å². The summed E-state index contributed by atoms with van der Waals surface area (Å²) < 4.78 is 24.6. The van der Waals surface area contributed by atoms with Gasteiger partial charge in [-0.1, -0.05) is 54.6 Å². The Morgan fingerprint density at radius 1 is 0.714 bits per heavy atom. The molecule has 0 aliphatic carbocycles. The lowest BCUT2D eigenvalue weighted by Gasteiger charge is -2.27. The molecule has 11 heteroatoms. The van der Waals surface area contributed by atoms with Crippen LogP contribution in [0.2, 0.25) is 0 Å². The standard InChI is InChI=1S/C31H26N2O9/c1-19(39-28(35)20-11-5-2-6-12-20)24-25(41-29(36)21-13-7-3-8-14-21)26(42-30(37)22-15-9-4-10-16-22)27(40-24)33-18-17-23(34)32-31(33)38/h2-19,24-27H,1H3,(H,32,34,38)/t19-,24-,25-,26-,27-/m1/s1. The van der Waals surface area contributed by atoms with Crippen LogP contribution in [-0.4, -0.2) is 51.9 Å². The van der Waals surface area contributed by atoms with Crippen LogP contribution < -0.4 is 11.2 Å². The molecule has 0 spiro atoms. The summed E-state index contributed by atoms with van der Waals surface area (Å²) >= 11 is 0. The van der Waals surface area contributed by atoms with Crippen LogP contribution in [0.1, 0.15) is 44.2 Å². The van der Waals surface area contributed by atoms with Crippen molar-refractivity contribution in [1.82, 2.24) is 9.55 Å². The van der Waals surface area contributed by atoms with Crippen molar-refractivity contribution >= 4 is 17.9 Å². The van der Waals surface area contributed by atoms with E-state index in [1.54, 1.807) is 78.9 Å². The molecule has 214 valence electrons. The van der Waals surface area contributed by atoms with E-state index in [1.807, 2.05) is 0 Å². The molecule has 11 nitrogen and oxygen atoms in total. The largest absolute Gasteiger partial charge is 0.456 e. The number of hydrogen-bond donors (Lipinski definition) is 1. The van der Waals surface area contributed by atoms with Crippen molar-refractivity contribution < 1.29 is 33.3 Å². The number of carbonyl (C=O) groups is 3. The predicted octanol–water partition coefficient (Wildman–Crippen LogP) is 3.13. The van der Waals surface area contributed by atoms with Crippen molar-refractivity contribution in [1.29, 1.82) is 0 Å². The first-order valence-electron chi connectivity index (χ1n) is 13.1. The summed E-state index contributed by atoms with van der Waals surface area (Å²) in [6.45, 7) is 1.53. The second-order valence-electron chi connectivity index (χ2n) is 9.46. The fourth-order valence-electron chi connectivity index (χ4n) is 4.56. The SMILES string of the molecule is C[C@@H](OC(=O)c1ccccc1)[C@H]1O[C@@H](n2ccc(=O)[nH]c2=O)[C@H](OC(=O)c2ccccc2)[C@@H]1OC(=O)c1ccccc1. The Bertz CT molecular complexity index is 1670. The third-order valence-electron chi connectivity index (χ3n) is 6.62. The van der Waals surface area contributed by atoms with E-state index < -0.39 is 59.8 Å². The Hall–Kier alpha value is -5.29. The summed E-state index contributed by atoms with van der Waals surface area (Å²) in [6, 6.07) is 25.5. The minimum atomic E-state index is -1.39. The lowest BCUT2D eigenvalue weighted by atomic mass is 10.0. The van der Waals surface area contributed by atoms with Crippen molar-refractivity contribution in [2.24, 2.45) is 0 Å². The average molecular weight is 571 g/mol. The summed E-state index contributed by atoms with van der Waals surface area (Å²) in [6.07, 6.45) is -5.16. The Balaban J connectivity index is 1.53. The molecule has 0 unspecified atom stereocenters. The van der Waals surface area contributed by atoms with Crippen LogP contribution in [0, 0.1) is 0 Å². The van der Waals surface area contributed by atoms with Crippen LogP contribution >= 0.6 is 0 Å². The molecule has 1 saturated heterocycles. The number of benzene rings is 3. The first-order valence-corrected chi connectivity index (χ1v) is 13.1. The number of nitrogens with zero attached hydrogens (tertiary/aromatic N) is 1. The van der Waals surface area contributed by atoms with Gasteiger partial charge in [-0.15, -0.1) is 0 Å². The first-order chi connectivity index (χ1) is 20.3. The molecule has 5 atom stereocenters.